The Morgan fingerprint density at radius 2 is 2.00 bits per heavy atom. The smallest absolute Gasteiger partial charge is 0.293 e. The number of ether oxygens (including phenoxy) is 2. The van der Waals surface area contributed by atoms with E-state index in [2.05, 4.69) is 5.32 Å². The first-order valence-electron chi connectivity index (χ1n) is 8.58. The Labute approximate surface area is 169 Å². The summed E-state index contributed by atoms with van der Waals surface area (Å²) in [6.07, 6.45) is 1.71. The van der Waals surface area contributed by atoms with Crippen LogP contribution in [0.4, 0.5) is 10.5 Å². The number of amides is 3. The summed E-state index contributed by atoms with van der Waals surface area (Å²) in [6, 6.07) is 8.89. The molecule has 1 N–H and O–H groups in total. The molecule has 0 radical (unpaired) electrons. The Bertz CT molecular complexity index is 955. The molecule has 2 aromatic rings. The van der Waals surface area contributed by atoms with Crippen molar-refractivity contribution in [1.29, 1.82) is 0 Å². The van der Waals surface area contributed by atoms with Crippen molar-refractivity contribution in [3.05, 3.63) is 45.5 Å². The number of rotatable bonds is 5. The minimum atomic E-state index is -0.365. The van der Waals surface area contributed by atoms with Crippen LogP contribution in [0, 0.1) is 0 Å². The summed E-state index contributed by atoms with van der Waals surface area (Å²) in [5.41, 5.74) is 0.570. The molecular formula is C19H16N2O5S2. The van der Waals surface area contributed by atoms with E-state index in [1.807, 2.05) is 17.5 Å². The molecule has 144 valence electrons. The predicted molar refractivity (Wildman–Crippen MR) is 108 cm³/mol. The Morgan fingerprint density at radius 3 is 2.79 bits per heavy atom. The van der Waals surface area contributed by atoms with E-state index in [0.717, 1.165) is 21.5 Å². The largest absolute Gasteiger partial charge is 0.486 e. The minimum Gasteiger partial charge on any atom is -0.486 e. The van der Waals surface area contributed by atoms with Gasteiger partial charge in [0.05, 0.1) is 4.91 Å². The Hall–Kier alpha value is -2.78. The second-order valence-corrected chi connectivity index (χ2v) is 7.98. The first-order chi connectivity index (χ1) is 13.6. The predicted octanol–water partition coefficient (Wildman–Crippen LogP) is 3.58. The van der Waals surface area contributed by atoms with Gasteiger partial charge in [-0.3, -0.25) is 19.3 Å². The average Bonchev–Trinajstić information content (AvgIpc) is 3.29. The van der Waals surface area contributed by atoms with E-state index in [4.69, 9.17) is 9.47 Å². The summed E-state index contributed by atoms with van der Waals surface area (Å²) in [5, 5.41) is 4.29. The van der Waals surface area contributed by atoms with Crippen LogP contribution in [-0.2, 0) is 9.59 Å². The van der Waals surface area contributed by atoms with Crippen LogP contribution in [0.1, 0.15) is 11.3 Å². The maximum atomic E-state index is 12.4. The van der Waals surface area contributed by atoms with Crippen LogP contribution in [0.25, 0.3) is 6.08 Å². The summed E-state index contributed by atoms with van der Waals surface area (Å²) in [5.74, 6) is 0.557. The first-order valence-corrected chi connectivity index (χ1v) is 10.3. The highest BCUT2D eigenvalue weighted by Gasteiger charge is 2.35. The zero-order valence-corrected chi connectivity index (χ0v) is 16.3. The van der Waals surface area contributed by atoms with Gasteiger partial charge in [0.1, 0.15) is 13.2 Å². The number of carbonyl (C=O) groups excluding carboxylic acids is 3. The highest BCUT2D eigenvalue weighted by molar-refractivity contribution is 8.18. The molecule has 0 unspecified atom stereocenters. The maximum Gasteiger partial charge on any atom is 0.293 e. The SMILES string of the molecule is O=C(CCN1C(=O)S/C(=C\c2cccs2)C1=O)Nc1ccc2c(c1)OCCO2. The quantitative estimate of drug-likeness (QED) is 0.750. The standard InChI is InChI=1S/C19H16N2O5S2/c22-17(20-12-3-4-14-15(10-12)26-8-7-25-14)5-6-21-18(23)16(28-19(21)24)11-13-2-1-9-27-13/h1-4,9-11H,5-8H2,(H,20,22)/b16-11-. The van der Waals surface area contributed by atoms with Gasteiger partial charge in [-0.05, 0) is 41.4 Å². The van der Waals surface area contributed by atoms with Crippen LogP contribution in [0.5, 0.6) is 11.5 Å². The molecule has 2 aliphatic heterocycles. The average molecular weight is 416 g/mol. The lowest BCUT2D eigenvalue weighted by atomic mass is 10.2. The van der Waals surface area contributed by atoms with E-state index in [0.29, 0.717) is 35.3 Å². The van der Waals surface area contributed by atoms with Crippen molar-refractivity contribution in [2.24, 2.45) is 0 Å². The molecule has 0 bridgehead atoms. The van der Waals surface area contributed by atoms with Crippen LogP contribution < -0.4 is 14.8 Å². The van der Waals surface area contributed by atoms with E-state index in [-0.39, 0.29) is 30.0 Å². The summed E-state index contributed by atoms with van der Waals surface area (Å²) >= 11 is 2.38. The van der Waals surface area contributed by atoms with E-state index in [1.165, 1.54) is 11.3 Å². The van der Waals surface area contributed by atoms with Crippen LogP contribution in [0.2, 0.25) is 0 Å². The Balaban J connectivity index is 1.34. The molecule has 0 saturated carbocycles. The molecule has 1 saturated heterocycles. The monoisotopic (exact) mass is 416 g/mol. The van der Waals surface area contributed by atoms with Crippen molar-refractivity contribution in [1.82, 2.24) is 4.90 Å². The molecule has 0 atom stereocenters. The van der Waals surface area contributed by atoms with Crippen molar-refractivity contribution in [2.45, 2.75) is 6.42 Å². The van der Waals surface area contributed by atoms with Crippen molar-refractivity contribution in [3.63, 3.8) is 0 Å². The zero-order valence-electron chi connectivity index (χ0n) is 14.7. The molecule has 1 fully saturated rings. The number of nitrogens with zero attached hydrogens (tertiary/aromatic N) is 1. The first kappa shape index (κ1) is 18.6. The van der Waals surface area contributed by atoms with Gasteiger partial charge >= 0.3 is 0 Å². The number of thiophene rings is 1. The number of hydrogen-bond acceptors (Lipinski definition) is 7. The van der Waals surface area contributed by atoms with Crippen molar-refractivity contribution >= 4 is 51.9 Å². The Kier molecular flexibility index (Phi) is 5.36. The van der Waals surface area contributed by atoms with E-state index >= 15 is 0 Å². The molecule has 1 aromatic heterocycles. The van der Waals surface area contributed by atoms with Crippen LogP contribution in [0.15, 0.2) is 40.6 Å². The molecule has 3 amide bonds. The third-order valence-corrected chi connectivity index (χ3v) is 5.81. The number of thioether (sulfide) groups is 1. The topological polar surface area (TPSA) is 84.9 Å². The van der Waals surface area contributed by atoms with Gasteiger partial charge in [-0.25, -0.2) is 0 Å². The molecular weight excluding hydrogens is 400 g/mol. The molecule has 4 rings (SSSR count). The molecule has 28 heavy (non-hydrogen) atoms. The highest BCUT2D eigenvalue weighted by Crippen LogP contribution is 2.34. The van der Waals surface area contributed by atoms with E-state index < -0.39 is 0 Å². The lowest BCUT2D eigenvalue weighted by Crippen LogP contribution is -2.31. The van der Waals surface area contributed by atoms with Crippen LogP contribution >= 0.6 is 23.1 Å². The molecule has 0 aliphatic carbocycles. The molecule has 0 spiro atoms. The van der Waals surface area contributed by atoms with Crippen molar-refractivity contribution in [2.75, 3.05) is 25.1 Å². The van der Waals surface area contributed by atoms with Crippen molar-refractivity contribution < 1.29 is 23.9 Å². The fraction of sp³-hybridized carbons (Fsp3) is 0.211. The van der Waals surface area contributed by atoms with Gasteiger partial charge < -0.3 is 14.8 Å². The van der Waals surface area contributed by atoms with Crippen LogP contribution in [0.3, 0.4) is 0 Å². The molecule has 9 heteroatoms. The maximum absolute atomic E-state index is 12.4. The van der Waals surface area contributed by atoms with E-state index in [9.17, 15) is 14.4 Å². The minimum absolute atomic E-state index is 0.0127. The molecule has 2 aliphatic rings. The van der Waals surface area contributed by atoms with Crippen LogP contribution in [-0.4, -0.2) is 41.7 Å². The number of imide groups is 1. The van der Waals surface area contributed by atoms with Gasteiger partial charge in [-0.1, -0.05) is 6.07 Å². The third-order valence-electron chi connectivity index (χ3n) is 4.08. The number of fused-ring (bicyclic) bond motifs is 1. The molecule has 7 nitrogen and oxygen atoms in total. The third kappa shape index (κ3) is 4.05. The van der Waals surface area contributed by atoms with Crippen molar-refractivity contribution in [3.8, 4) is 11.5 Å². The van der Waals surface area contributed by atoms with E-state index in [1.54, 1.807) is 24.3 Å². The summed E-state index contributed by atoms with van der Waals surface area (Å²) in [4.78, 5) is 39.2. The fourth-order valence-corrected chi connectivity index (χ4v) is 4.34. The van der Waals surface area contributed by atoms with Gasteiger partial charge in [-0.2, -0.15) is 0 Å². The number of benzene rings is 1. The van der Waals surface area contributed by atoms with Gasteiger partial charge in [0.15, 0.2) is 11.5 Å². The second-order valence-electron chi connectivity index (χ2n) is 6.01. The number of anilines is 1. The summed E-state index contributed by atoms with van der Waals surface area (Å²) in [6.45, 7) is 0.989. The summed E-state index contributed by atoms with van der Waals surface area (Å²) < 4.78 is 10.9. The second kappa shape index (κ2) is 8.07. The van der Waals surface area contributed by atoms with Gasteiger partial charge in [-0.15, -0.1) is 11.3 Å². The molecule has 3 heterocycles. The normalized spacial score (nSPS) is 17.3. The summed E-state index contributed by atoms with van der Waals surface area (Å²) in [7, 11) is 0. The highest BCUT2D eigenvalue weighted by atomic mass is 32.2. The lowest BCUT2D eigenvalue weighted by molar-refractivity contribution is -0.123. The van der Waals surface area contributed by atoms with Gasteiger partial charge in [0, 0.05) is 29.6 Å². The number of nitrogens with one attached hydrogen (secondary N) is 1. The lowest BCUT2D eigenvalue weighted by Gasteiger charge is -2.19. The van der Waals surface area contributed by atoms with Gasteiger partial charge in [0.25, 0.3) is 11.1 Å². The fourth-order valence-electron chi connectivity index (χ4n) is 2.75. The molecule has 1 aromatic carbocycles. The number of carbonyl (C=O) groups is 3. The zero-order chi connectivity index (χ0) is 19.5. The van der Waals surface area contributed by atoms with Gasteiger partial charge in [0.2, 0.25) is 5.91 Å². The number of hydrogen-bond donors (Lipinski definition) is 1. The Morgan fingerprint density at radius 1 is 1.18 bits per heavy atom.